The normalized spacial score (nSPS) is 21.2. The Morgan fingerprint density at radius 1 is 1.50 bits per heavy atom. The number of aliphatic imine (C=N–C) groups is 1. The van der Waals surface area contributed by atoms with Crippen LogP contribution < -0.4 is 16.4 Å². The second kappa shape index (κ2) is 8.14. The van der Waals surface area contributed by atoms with Crippen molar-refractivity contribution in [2.45, 2.75) is 38.6 Å². The zero-order valence-corrected chi connectivity index (χ0v) is 15.0. The van der Waals surface area contributed by atoms with Crippen molar-refractivity contribution >= 4 is 29.2 Å². The van der Waals surface area contributed by atoms with E-state index in [4.69, 9.17) is 5.73 Å². The van der Waals surface area contributed by atoms with Gasteiger partial charge in [-0.05, 0) is 37.6 Å². The van der Waals surface area contributed by atoms with Crippen LogP contribution in [0.2, 0.25) is 0 Å². The van der Waals surface area contributed by atoms with Gasteiger partial charge >= 0.3 is 6.03 Å². The summed E-state index contributed by atoms with van der Waals surface area (Å²) >= 11 is 1.72. The average Bonchev–Trinajstić information content (AvgIpc) is 3.13. The second-order valence-electron chi connectivity index (χ2n) is 5.95. The zero-order valence-electron chi connectivity index (χ0n) is 14.2. The molecule has 3 amide bonds. The first kappa shape index (κ1) is 18.3. The number of hydrogen-bond donors (Lipinski definition) is 3. The molecule has 1 unspecified atom stereocenters. The van der Waals surface area contributed by atoms with Gasteiger partial charge in [0.15, 0.2) is 5.96 Å². The van der Waals surface area contributed by atoms with Crippen LogP contribution >= 0.6 is 11.3 Å². The predicted octanol–water partition coefficient (Wildman–Crippen LogP) is 1.31. The highest BCUT2D eigenvalue weighted by Gasteiger charge is 2.45. The van der Waals surface area contributed by atoms with E-state index in [1.165, 1.54) is 9.78 Å². The molecule has 2 heterocycles. The lowest BCUT2D eigenvalue weighted by Crippen LogP contribution is -2.43. The molecule has 1 saturated heterocycles. The van der Waals surface area contributed by atoms with Crippen LogP contribution in [0.25, 0.3) is 0 Å². The van der Waals surface area contributed by atoms with E-state index in [1.54, 1.807) is 18.3 Å². The molecule has 4 N–H and O–H groups in total. The first-order valence-electron chi connectivity index (χ1n) is 8.16. The van der Waals surface area contributed by atoms with Gasteiger partial charge in [0.1, 0.15) is 5.54 Å². The van der Waals surface area contributed by atoms with Crippen molar-refractivity contribution in [1.29, 1.82) is 0 Å². The molecule has 1 aromatic rings. The molecule has 0 aliphatic carbocycles. The lowest BCUT2D eigenvalue weighted by atomic mass is 9.99. The number of carbonyl (C=O) groups is 2. The van der Waals surface area contributed by atoms with E-state index in [0.717, 1.165) is 13.0 Å². The minimum atomic E-state index is -0.775. The van der Waals surface area contributed by atoms with Gasteiger partial charge in [0, 0.05) is 24.5 Å². The molecular formula is C16H25N5O2S. The molecule has 0 aromatic carbocycles. The molecule has 1 aliphatic rings. The summed E-state index contributed by atoms with van der Waals surface area (Å²) < 4.78 is 0. The summed E-state index contributed by atoms with van der Waals surface area (Å²) in [4.78, 5) is 30.9. The largest absolute Gasteiger partial charge is 0.370 e. The summed E-state index contributed by atoms with van der Waals surface area (Å²) in [5, 5.41) is 7.85. The van der Waals surface area contributed by atoms with Crippen LogP contribution in [0.15, 0.2) is 22.5 Å². The van der Waals surface area contributed by atoms with Gasteiger partial charge in [0.2, 0.25) is 0 Å². The fourth-order valence-corrected chi connectivity index (χ4v) is 3.15. The standard InChI is InChI=1S/C16H25N5O2S/c1-3-16(2)13(22)21(15(23)20-16)10-5-8-18-14(17)19-9-7-12-6-4-11-24-12/h4,6,11H,3,5,7-10H2,1-2H3,(H,20,23)(H3,17,18,19). The number of urea groups is 1. The van der Waals surface area contributed by atoms with Crippen LogP contribution in [0.5, 0.6) is 0 Å². The first-order valence-corrected chi connectivity index (χ1v) is 9.04. The van der Waals surface area contributed by atoms with Crippen molar-refractivity contribution in [3.63, 3.8) is 0 Å². The Morgan fingerprint density at radius 2 is 2.29 bits per heavy atom. The second-order valence-corrected chi connectivity index (χ2v) is 6.98. The Balaban J connectivity index is 1.68. The molecule has 1 aliphatic heterocycles. The number of nitrogens with one attached hydrogen (secondary N) is 2. The predicted molar refractivity (Wildman–Crippen MR) is 96.1 cm³/mol. The van der Waals surface area contributed by atoms with Gasteiger partial charge in [0.05, 0.1) is 0 Å². The van der Waals surface area contributed by atoms with Crippen molar-refractivity contribution in [2.24, 2.45) is 10.7 Å². The maximum absolute atomic E-state index is 12.2. The number of amides is 3. The van der Waals surface area contributed by atoms with Gasteiger partial charge in [-0.3, -0.25) is 14.7 Å². The smallest absolute Gasteiger partial charge is 0.325 e. The van der Waals surface area contributed by atoms with Crippen molar-refractivity contribution < 1.29 is 9.59 Å². The molecule has 24 heavy (non-hydrogen) atoms. The van der Waals surface area contributed by atoms with E-state index in [1.807, 2.05) is 18.4 Å². The Morgan fingerprint density at radius 3 is 2.92 bits per heavy atom. The van der Waals surface area contributed by atoms with Gasteiger partial charge in [-0.15, -0.1) is 11.3 Å². The van der Waals surface area contributed by atoms with Crippen LogP contribution in [-0.4, -0.2) is 48.0 Å². The minimum Gasteiger partial charge on any atom is -0.370 e. The number of thiophene rings is 1. The van der Waals surface area contributed by atoms with Gasteiger partial charge in [-0.1, -0.05) is 13.0 Å². The molecule has 8 heteroatoms. The summed E-state index contributed by atoms with van der Waals surface area (Å²) in [5.41, 5.74) is 5.03. The topological polar surface area (TPSA) is 99.8 Å². The Labute approximate surface area is 146 Å². The van der Waals surface area contributed by atoms with Gasteiger partial charge < -0.3 is 16.4 Å². The van der Waals surface area contributed by atoms with E-state index in [9.17, 15) is 9.59 Å². The quantitative estimate of drug-likeness (QED) is 0.284. The third-order valence-corrected chi connectivity index (χ3v) is 5.07. The molecule has 0 radical (unpaired) electrons. The first-order chi connectivity index (χ1) is 11.5. The molecular weight excluding hydrogens is 326 g/mol. The Kier molecular flexibility index (Phi) is 6.19. The molecule has 0 spiro atoms. The van der Waals surface area contributed by atoms with Crippen molar-refractivity contribution in [2.75, 3.05) is 19.6 Å². The number of nitrogens with zero attached hydrogens (tertiary/aromatic N) is 2. The highest BCUT2D eigenvalue weighted by Crippen LogP contribution is 2.20. The summed E-state index contributed by atoms with van der Waals surface area (Å²) in [7, 11) is 0. The molecule has 7 nitrogen and oxygen atoms in total. The van der Waals surface area contributed by atoms with Gasteiger partial charge in [0.25, 0.3) is 5.91 Å². The molecule has 1 aromatic heterocycles. The van der Waals surface area contributed by atoms with Crippen LogP contribution in [-0.2, 0) is 11.2 Å². The number of carbonyl (C=O) groups excluding carboxylic acids is 2. The lowest BCUT2D eigenvalue weighted by molar-refractivity contribution is -0.130. The summed E-state index contributed by atoms with van der Waals surface area (Å²) in [5.74, 6) is 0.225. The van der Waals surface area contributed by atoms with Crippen LogP contribution in [0, 0.1) is 0 Å². The van der Waals surface area contributed by atoms with E-state index < -0.39 is 5.54 Å². The number of nitrogens with two attached hydrogens (primary N) is 1. The van der Waals surface area contributed by atoms with Crippen LogP contribution in [0.3, 0.4) is 0 Å². The van der Waals surface area contributed by atoms with Crippen molar-refractivity contribution in [1.82, 2.24) is 15.5 Å². The molecule has 2 rings (SSSR count). The highest BCUT2D eigenvalue weighted by molar-refractivity contribution is 7.09. The van der Waals surface area contributed by atoms with E-state index >= 15 is 0 Å². The summed E-state index contributed by atoms with van der Waals surface area (Å²) in [6.07, 6.45) is 2.07. The molecule has 1 fully saturated rings. The fourth-order valence-electron chi connectivity index (χ4n) is 2.44. The molecule has 132 valence electrons. The number of rotatable bonds is 8. The summed E-state index contributed by atoms with van der Waals surface area (Å²) in [6.45, 7) is 5.19. The Bertz CT molecular complexity index is 602. The number of hydrogen-bond acceptors (Lipinski definition) is 4. The van der Waals surface area contributed by atoms with Crippen LogP contribution in [0.4, 0.5) is 4.79 Å². The third-order valence-electron chi connectivity index (χ3n) is 4.13. The fraction of sp³-hybridized carbons (Fsp3) is 0.562. The Hall–Kier alpha value is -2.09. The average molecular weight is 351 g/mol. The van der Waals surface area contributed by atoms with Gasteiger partial charge in [-0.25, -0.2) is 4.79 Å². The molecule has 1 atom stereocenters. The molecule has 0 bridgehead atoms. The van der Waals surface area contributed by atoms with Gasteiger partial charge in [-0.2, -0.15) is 0 Å². The minimum absolute atomic E-state index is 0.166. The number of imide groups is 1. The van der Waals surface area contributed by atoms with Crippen molar-refractivity contribution in [3.8, 4) is 0 Å². The summed E-state index contributed by atoms with van der Waals surface area (Å²) in [6, 6.07) is 3.79. The lowest BCUT2D eigenvalue weighted by Gasteiger charge is -2.19. The van der Waals surface area contributed by atoms with Crippen molar-refractivity contribution in [3.05, 3.63) is 22.4 Å². The number of guanidine groups is 1. The van der Waals surface area contributed by atoms with E-state index in [-0.39, 0.29) is 11.9 Å². The monoisotopic (exact) mass is 351 g/mol. The highest BCUT2D eigenvalue weighted by atomic mass is 32.1. The SMILES string of the molecule is CCC1(C)NC(=O)N(CCCN=C(N)NCCc2cccs2)C1=O. The van der Waals surface area contributed by atoms with E-state index in [0.29, 0.717) is 31.9 Å². The maximum atomic E-state index is 12.2. The third kappa shape index (κ3) is 4.47. The maximum Gasteiger partial charge on any atom is 0.325 e. The molecule has 0 saturated carbocycles. The van der Waals surface area contributed by atoms with Crippen LogP contribution in [0.1, 0.15) is 31.6 Å². The zero-order chi connectivity index (χ0) is 17.6. The van der Waals surface area contributed by atoms with E-state index in [2.05, 4.69) is 21.7 Å².